The lowest BCUT2D eigenvalue weighted by Crippen LogP contribution is -2.11. The fourth-order valence-corrected chi connectivity index (χ4v) is 2.87. The van der Waals surface area contributed by atoms with E-state index in [9.17, 15) is 18.0 Å². The van der Waals surface area contributed by atoms with Crippen molar-refractivity contribution in [2.24, 2.45) is 14.1 Å². The lowest BCUT2D eigenvalue weighted by atomic mass is 10.1. The van der Waals surface area contributed by atoms with E-state index < -0.39 is 11.9 Å². The molecule has 1 aromatic carbocycles. The third kappa shape index (κ3) is 2.78. The molecule has 0 aliphatic rings. The Morgan fingerprint density at radius 1 is 1.00 bits per heavy atom. The zero-order chi connectivity index (χ0) is 19.3. The van der Waals surface area contributed by atoms with E-state index in [0.29, 0.717) is 23.3 Å². The molecule has 7 nitrogen and oxygen atoms in total. The number of aryl methyl sites for hydroxylation is 2. The van der Waals surface area contributed by atoms with Gasteiger partial charge in [-0.05, 0) is 6.07 Å². The van der Waals surface area contributed by atoms with E-state index in [2.05, 4.69) is 15.2 Å². The molecule has 138 valence electrons. The van der Waals surface area contributed by atoms with Crippen molar-refractivity contribution in [3.63, 3.8) is 0 Å². The first-order chi connectivity index (χ1) is 12.8. The second kappa shape index (κ2) is 5.79. The smallest absolute Gasteiger partial charge is 0.294 e. The van der Waals surface area contributed by atoms with Crippen LogP contribution in [0.4, 0.5) is 13.2 Å². The van der Waals surface area contributed by atoms with Crippen LogP contribution in [0.15, 0.2) is 36.5 Å². The summed E-state index contributed by atoms with van der Waals surface area (Å²) in [5.74, 6) is 0.769. The number of hydrogen-bond acceptors (Lipinski definition) is 4. The van der Waals surface area contributed by atoms with E-state index in [0.717, 1.165) is 16.3 Å². The highest BCUT2D eigenvalue weighted by atomic mass is 19.4. The number of carbonyl (C=O) groups excluding carboxylic acids is 1. The van der Waals surface area contributed by atoms with Gasteiger partial charge in [-0.3, -0.25) is 14.0 Å². The largest absolute Gasteiger partial charge is 0.433 e. The van der Waals surface area contributed by atoms with E-state index in [1.54, 1.807) is 42.1 Å². The fraction of sp³-hybridized carbons (Fsp3) is 0.176. The lowest BCUT2D eigenvalue weighted by molar-refractivity contribution is -0.143. The van der Waals surface area contributed by atoms with E-state index in [4.69, 9.17) is 0 Å². The van der Waals surface area contributed by atoms with Crippen molar-refractivity contribution in [1.29, 1.82) is 0 Å². The van der Waals surface area contributed by atoms with E-state index in [1.807, 2.05) is 0 Å². The van der Waals surface area contributed by atoms with Crippen molar-refractivity contribution in [2.75, 3.05) is 0 Å². The SMILES string of the molecule is Cn1nc(-c2ccc(-c3cn4nc(C=O)n(C)c4n3)cc2)cc1C(F)(F)F. The average Bonchev–Trinajstić information content (AvgIpc) is 3.29. The summed E-state index contributed by atoms with van der Waals surface area (Å²) in [5.41, 5.74) is 1.40. The number of halogens is 3. The number of fused-ring (bicyclic) bond motifs is 1. The predicted molar refractivity (Wildman–Crippen MR) is 90.0 cm³/mol. The molecule has 0 aliphatic carbocycles. The minimum absolute atomic E-state index is 0.240. The number of nitrogens with zero attached hydrogens (tertiary/aromatic N) is 6. The average molecular weight is 374 g/mol. The molecule has 0 amide bonds. The third-order valence-corrected chi connectivity index (χ3v) is 4.28. The summed E-state index contributed by atoms with van der Waals surface area (Å²) in [7, 11) is 2.95. The predicted octanol–water partition coefficient (Wildman–Crippen LogP) is 2.97. The topological polar surface area (TPSA) is 70.0 Å². The number of aldehydes is 1. The number of alkyl halides is 3. The summed E-state index contributed by atoms with van der Waals surface area (Å²) in [5, 5.41) is 8.04. The Morgan fingerprint density at radius 2 is 1.63 bits per heavy atom. The van der Waals surface area contributed by atoms with Crippen LogP contribution < -0.4 is 0 Å². The van der Waals surface area contributed by atoms with Crippen LogP contribution in [0.3, 0.4) is 0 Å². The normalized spacial score (nSPS) is 12.0. The van der Waals surface area contributed by atoms with Crippen LogP contribution in [0.5, 0.6) is 0 Å². The molecule has 0 N–H and O–H groups in total. The number of aromatic nitrogens is 6. The minimum atomic E-state index is -4.45. The molecule has 3 aromatic heterocycles. The number of rotatable bonds is 3. The van der Waals surface area contributed by atoms with E-state index in [1.165, 1.54) is 11.6 Å². The van der Waals surface area contributed by atoms with Crippen molar-refractivity contribution >= 4 is 12.1 Å². The van der Waals surface area contributed by atoms with Gasteiger partial charge in [0.1, 0.15) is 5.69 Å². The van der Waals surface area contributed by atoms with Crippen LogP contribution in [0.1, 0.15) is 16.3 Å². The van der Waals surface area contributed by atoms with Gasteiger partial charge >= 0.3 is 6.18 Å². The van der Waals surface area contributed by atoms with Gasteiger partial charge < -0.3 is 0 Å². The number of benzene rings is 1. The molecule has 27 heavy (non-hydrogen) atoms. The first-order valence-corrected chi connectivity index (χ1v) is 7.87. The van der Waals surface area contributed by atoms with Crippen LogP contribution >= 0.6 is 0 Å². The van der Waals surface area contributed by atoms with Gasteiger partial charge in [-0.1, -0.05) is 24.3 Å². The summed E-state index contributed by atoms with van der Waals surface area (Å²) < 4.78 is 42.6. The van der Waals surface area contributed by atoms with Crippen molar-refractivity contribution in [1.82, 2.24) is 28.9 Å². The number of imidazole rings is 1. The van der Waals surface area contributed by atoms with Gasteiger partial charge in [-0.15, -0.1) is 5.10 Å². The first kappa shape index (κ1) is 17.0. The molecule has 0 aliphatic heterocycles. The van der Waals surface area contributed by atoms with Crippen LogP contribution in [-0.2, 0) is 20.3 Å². The summed E-state index contributed by atoms with van der Waals surface area (Å²) in [6.07, 6.45) is -2.13. The third-order valence-electron chi connectivity index (χ3n) is 4.28. The maximum absolute atomic E-state index is 12.9. The van der Waals surface area contributed by atoms with Gasteiger partial charge in [0.05, 0.1) is 17.6 Å². The molecule has 0 spiro atoms. The second-order valence-electron chi connectivity index (χ2n) is 6.02. The molecule has 0 radical (unpaired) electrons. The summed E-state index contributed by atoms with van der Waals surface area (Å²) in [6.45, 7) is 0. The molecule has 4 aromatic rings. The molecular formula is C17H13F3N6O. The quantitative estimate of drug-likeness (QED) is 0.517. The van der Waals surface area contributed by atoms with Crippen molar-refractivity contribution < 1.29 is 18.0 Å². The zero-order valence-electron chi connectivity index (χ0n) is 14.3. The van der Waals surface area contributed by atoms with Gasteiger partial charge in [0.25, 0.3) is 0 Å². The molecule has 10 heteroatoms. The number of hydrogen-bond donors (Lipinski definition) is 0. The molecule has 0 saturated heterocycles. The Labute approximate surface area is 150 Å². The van der Waals surface area contributed by atoms with Gasteiger partial charge in [-0.2, -0.15) is 18.3 Å². The standard InChI is InChI=1S/C17H13F3N6O/c1-24-15(9-27)23-26-8-13(21-16(24)26)11-5-3-10(4-6-11)12-7-14(17(18,19)20)25(2)22-12/h3-9H,1-2H3. The van der Waals surface area contributed by atoms with Crippen molar-refractivity contribution in [2.45, 2.75) is 6.18 Å². The second-order valence-corrected chi connectivity index (χ2v) is 6.02. The van der Waals surface area contributed by atoms with Crippen LogP contribution in [0, 0.1) is 0 Å². The van der Waals surface area contributed by atoms with E-state index in [-0.39, 0.29) is 11.5 Å². The number of carbonyl (C=O) groups is 1. The molecule has 0 atom stereocenters. The highest BCUT2D eigenvalue weighted by Crippen LogP contribution is 2.32. The van der Waals surface area contributed by atoms with E-state index >= 15 is 0 Å². The molecular weight excluding hydrogens is 361 g/mol. The molecule has 3 heterocycles. The fourth-order valence-electron chi connectivity index (χ4n) is 2.87. The van der Waals surface area contributed by atoms with Crippen LogP contribution in [0.25, 0.3) is 28.3 Å². The van der Waals surface area contributed by atoms with Gasteiger partial charge in [0.15, 0.2) is 12.1 Å². The monoisotopic (exact) mass is 374 g/mol. The maximum atomic E-state index is 12.9. The molecule has 0 bridgehead atoms. The van der Waals surface area contributed by atoms with Crippen LogP contribution in [0.2, 0.25) is 0 Å². The van der Waals surface area contributed by atoms with Gasteiger partial charge in [0, 0.05) is 25.2 Å². The first-order valence-electron chi connectivity index (χ1n) is 7.87. The highest BCUT2D eigenvalue weighted by Gasteiger charge is 2.35. The summed E-state index contributed by atoms with van der Waals surface area (Å²) >= 11 is 0. The highest BCUT2D eigenvalue weighted by molar-refractivity contribution is 5.72. The minimum Gasteiger partial charge on any atom is -0.294 e. The van der Waals surface area contributed by atoms with Crippen molar-refractivity contribution in [3.8, 4) is 22.5 Å². The van der Waals surface area contributed by atoms with Gasteiger partial charge in [0.2, 0.25) is 5.78 Å². The molecule has 0 saturated carbocycles. The zero-order valence-corrected chi connectivity index (χ0v) is 14.3. The molecule has 4 rings (SSSR count). The van der Waals surface area contributed by atoms with Crippen LogP contribution in [-0.4, -0.2) is 35.2 Å². The lowest BCUT2D eigenvalue weighted by Gasteiger charge is -2.04. The Balaban J connectivity index is 1.67. The van der Waals surface area contributed by atoms with Crippen molar-refractivity contribution in [3.05, 3.63) is 48.0 Å². The Bertz CT molecular complexity index is 1150. The summed E-state index contributed by atoms with van der Waals surface area (Å²) in [4.78, 5) is 15.3. The Morgan fingerprint density at radius 3 is 2.15 bits per heavy atom. The Kier molecular flexibility index (Phi) is 3.65. The molecule has 0 unspecified atom stereocenters. The van der Waals surface area contributed by atoms with Gasteiger partial charge in [-0.25, -0.2) is 9.50 Å². The Hall–Kier alpha value is -3.43. The molecule has 0 fully saturated rings. The summed E-state index contributed by atoms with van der Waals surface area (Å²) in [6, 6.07) is 7.89. The maximum Gasteiger partial charge on any atom is 0.433 e.